The third kappa shape index (κ3) is 1.98. The number of allylic oxidation sites excluding steroid dienone is 2. The first-order valence-corrected chi connectivity index (χ1v) is 4.72. The number of alkyl halides is 1. The van der Waals surface area contributed by atoms with Gasteiger partial charge in [0.25, 0.3) is 0 Å². The van der Waals surface area contributed by atoms with Crippen molar-refractivity contribution in [3.8, 4) is 0 Å². The Morgan fingerprint density at radius 3 is 2.53 bits per heavy atom. The van der Waals surface area contributed by atoms with E-state index in [1.165, 1.54) is 12.2 Å². The van der Waals surface area contributed by atoms with Gasteiger partial charge in [0.15, 0.2) is 0 Å². The van der Waals surface area contributed by atoms with Crippen LogP contribution in [0, 0.1) is 0 Å². The van der Waals surface area contributed by atoms with Gasteiger partial charge < -0.3 is 5.11 Å². The van der Waals surface area contributed by atoms with Crippen LogP contribution in [0.2, 0.25) is 0 Å². The van der Waals surface area contributed by atoms with Gasteiger partial charge in [-0.25, -0.2) is 4.39 Å². The van der Waals surface area contributed by atoms with Gasteiger partial charge in [0.1, 0.15) is 6.10 Å². The molecule has 2 rings (SSSR count). The summed E-state index contributed by atoms with van der Waals surface area (Å²) >= 11 is 0. The van der Waals surface area contributed by atoms with E-state index in [0.717, 1.165) is 11.1 Å². The molecule has 1 aliphatic carbocycles. The molecule has 0 radical (unpaired) electrons. The third-order valence-electron chi connectivity index (χ3n) is 2.42. The number of nitrogens with two attached hydrogens (primary N) is 1. The van der Waals surface area contributed by atoms with Gasteiger partial charge >= 0.3 is 0 Å². The lowest BCUT2D eigenvalue weighted by molar-refractivity contribution is 0.0627. The SMILES string of the molecule is NC1(F)C=CC(c2ccccc2)=CC1O. The molecule has 0 fully saturated rings. The molecular formula is C12H12FNO. The molecule has 3 N–H and O–H groups in total. The average Bonchev–Trinajstić information content (AvgIpc) is 2.23. The van der Waals surface area contributed by atoms with Crippen molar-refractivity contribution in [1.82, 2.24) is 0 Å². The number of halogens is 1. The Kier molecular flexibility index (Phi) is 2.42. The summed E-state index contributed by atoms with van der Waals surface area (Å²) in [6.45, 7) is 0. The van der Waals surface area contributed by atoms with Crippen molar-refractivity contribution in [3.63, 3.8) is 0 Å². The van der Waals surface area contributed by atoms with Crippen LogP contribution in [-0.4, -0.2) is 17.0 Å². The first kappa shape index (κ1) is 10.1. The normalized spacial score (nSPS) is 30.1. The predicted molar refractivity (Wildman–Crippen MR) is 57.6 cm³/mol. The Labute approximate surface area is 87.5 Å². The fourth-order valence-corrected chi connectivity index (χ4v) is 1.49. The maximum absolute atomic E-state index is 13.4. The number of aliphatic hydroxyl groups excluding tert-OH is 1. The largest absolute Gasteiger partial charge is 0.384 e. The van der Waals surface area contributed by atoms with Crippen LogP contribution in [0.4, 0.5) is 4.39 Å². The molecule has 0 spiro atoms. The number of hydrogen-bond donors (Lipinski definition) is 2. The highest BCUT2D eigenvalue weighted by atomic mass is 19.1. The summed E-state index contributed by atoms with van der Waals surface area (Å²) in [6, 6.07) is 9.46. The van der Waals surface area contributed by atoms with E-state index in [0.29, 0.717) is 0 Å². The van der Waals surface area contributed by atoms with Gasteiger partial charge in [-0.15, -0.1) is 0 Å². The standard InChI is InChI=1S/C12H12FNO/c13-12(14)7-6-10(8-11(12)15)9-4-2-1-3-5-9/h1-8,11,15H,14H2. The van der Waals surface area contributed by atoms with Crippen molar-refractivity contribution in [2.45, 2.75) is 11.9 Å². The Morgan fingerprint density at radius 2 is 1.93 bits per heavy atom. The highest BCUT2D eigenvalue weighted by Gasteiger charge is 2.31. The van der Waals surface area contributed by atoms with Crippen LogP contribution in [0.3, 0.4) is 0 Å². The number of hydrogen-bond acceptors (Lipinski definition) is 2. The summed E-state index contributed by atoms with van der Waals surface area (Å²) in [4.78, 5) is 0. The molecule has 2 nitrogen and oxygen atoms in total. The van der Waals surface area contributed by atoms with E-state index >= 15 is 0 Å². The van der Waals surface area contributed by atoms with Crippen molar-refractivity contribution in [1.29, 1.82) is 0 Å². The monoisotopic (exact) mass is 205 g/mol. The molecule has 0 aromatic heterocycles. The van der Waals surface area contributed by atoms with Crippen molar-refractivity contribution in [2.75, 3.05) is 0 Å². The molecule has 2 atom stereocenters. The van der Waals surface area contributed by atoms with E-state index in [-0.39, 0.29) is 0 Å². The van der Waals surface area contributed by atoms with Gasteiger partial charge in [-0.1, -0.05) is 36.4 Å². The first-order valence-electron chi connectivity index (χ1n) is 4.72. The van der Waals surface area contributed by atoms with Crippen LogP contribution in [-0.2, 0) is 0 Å². The molecule has 2 unspecified atom stereocenters. The molecule has 0 heterocycles. The van der Waals surface area contributed by atoms with Crippen LogP contribution < -0.4 is 5.73 Å². The van der Waals surface area contributed by atoms with Crippen LogP contribution >= 0.6 is 0 Å². The number of aliphatic hydroxyl groups is 1. The van der Waals surface area contributed by atoms with Crippen molar-refractivity contribution < 1.29 is 9.50 Å². The summed E-state index contributed by atoms with van der Waals surface area (Å²) in [5.41, 5.74) is 6.93. The van der Waals surface area contributed by atoms with Gasteiger partial charge in [-0.3, -0.25) is 5.73 Å². The molecule has 1 aromatic carbocycles. The fourth-order valence-electron chi connectivity index (χ4n) is 1.49. The molecule has 0 bridgehead atoms. The van der Waals surface area contributed by atoms with Crippen LogP contribution in [0.15, 0.2) is 48.6 Å². The smallest absolute Gasteiger partial charge is 0.207 e. The summed E-state index contributed by atoms with van der Waals surface area (Å²) in [5.74, 6) is -2.15. The van der Waals surface area contributed by atoms with Crippen molar-refractivity contribution in [3.05, 3.63) is 54.1 Å². The fraction of sp³-hybridized carbons (Fsp3) is 0.167. The van der Waals surface area contributed by atoms with E-state index < -0.39 is 11.9 Å². The molecule has 0 amide bonds. The highest BCUT2D eigenvalue weighted by molar-refractivity contribution is 5.76. The molecule has 0 aliphatic heterocycles. The Bertz CT molecular complexity index is 409. The molecule has 0 saturated heterocycles. The average molecular weight is 205 g/mol. The molecule has 15 heavy (non-hydrogen) atoms. The quantitative estimate of drug-likeness (QED) is 0.684. The van der Waals surface area contributed by atoms with E-state index in [4.69, 9.17) is 5.73 Å². The van der Waals surface area contributed by atoms with Gasteiger partial charge in [0.05, 0.1) is 0 Å². The Morgan fingerprint density at radius 1 is 1.27 bits per heavy atom. The number of benzene rings is 1. The lowest BCUT2D eigenvalue weighted by atomic mass is 9.94. The van der Waals surface area contributed by atoms with E-state index in [2.05, 4.69) is 0 Å². The minimum atomic E-state index is -2.15. The molecular weight excluding hydrogens is 193 g/mol. The third-order valence-corrected chi connectivity index (χ3v) is 2.42. The molecule has 0 saturated carbocycles. The topological polar surface area (TPSA) is 46.2 Å². The van der Waals surface area contributed by atoms with Gasteiger partial charge in [0.2, 0.25) is 5.79 Å². The summed E-state index contributed by atoms with van der Waals surface area (Å²) in [6.07, 6.45) is 2.90. The number of rotatable bonds is 1. The Balaban J connectivity index is 2.32. The second kappa shape index (κ2) is 3.61. The zero-order chi connectivity index (χ0) is 10.9. The second-order valence-corrected chi connectivity index (χ2v) is 3.59. The van der Waals surface area contributed by atoms with Gasteiger partial charge in [0, 0.05) is 0 Å². The molecule has 78 valence electrons. The predicted octanol–water partition coefficient (Wildman–Crippen LogP) is 1.63. The molecule has 1 aliphatic rings. The lowest BCUT2D eigenvalue weighted by Gasteiger charge is -2.24. The van der Waals surface area contributed by atoms with Crippen LogP contribution in [0.1, 0.15) is 5.56 Å². The van der Waals surface area contributed by atoms with Gasteiger partial charge in [-0.2, -0.15) is 0 Å². The lowest BCUT2D eigenvalue weighted by Crippen LogP contribution is -2.45. The summed E-state index contributed by atoms with van der Waals surface area (Å²) in [7, 11) is 0. The first-order chi connectivity index (χ1) is 7.09. The zero-order valence-electron chi connectivity index (χ0n) is 8.10. The zero-order valence-corrected chi connectivity index (χ0v) is 8.10. The minimum absolute atomic E-state index is 0.779. The maximum Gasteiger partial charge on any atom is 0.207 e. The Hall–Kier alpha value is -1.45. The van der Waals surface area contributed by atoms with E-state index in [9.17, 15) is 9.50 Å². The van der Waals surface area contributed by atoms with Crippen LogP contribution in [0.25, 0.3) is 5.57 Å². The van der Waals surface area contributed by atoms with Crippen LogP contribution in [0.5, 0.6) is 0 Å². The molecule has 1 aromatic rings. The van der Waals surface area contributed by atoms with Crippen molar-refractivity contribution >= 4 is 5.57 Å². The highest BCUT2D eigenvalue weighted by Crippen LogP contribution is 2.26. The summed E-state index contributed by atoms with van der Waals surface area (Å²) < 4.78 is 13.4. The molecule has 3 heteroatoms. The summed E-state index contributed by atoms with van der Waals surface area (Å²) in [5, 5.41) is 9.44. The van der Waals surface area contributed by atoms with E-state index in [1.54, 1.807) is 6.08 Å². The maximum atomic E-state index is 13.4. The van der Waals surface area contributed by atoms with E-state index in [1.807, 2.05) is 30.3 Å². The minimum Gasteiger partial charge on any atom is -0.384 e. The van der Waals surface area contributed by atoms with Gasteiger partial charge in [-0.05, 0) is 23.3 Å². The van der Waals surface area contributed by atoms with Crippen molar-refractivity contribution in [2.24, 2.45) is 5.73 Å². The second-order valence-electron chi connectivity index (χ2n) is 3.59.